The molecule has 1 aromatic carbocycles. The molecule has 1 aromatic rings. The summed E-state index contributed by atoms with van der Waals surface area (Å²) in [5, 5.41) is 0. The molecule has 2 nitrogen and oxygen atoms in total. The zero-order valence-electron chi connectivity index (χ0n) is 10.8. The molecule has 2 heteroatoms. The van der Waals surface area contributed by atoms with Crippen LogP contribution in [0.1, 0.15) is 48.6 Å². The number of aryl methyl sites for hydroxylation is 1. The van der Waals surface area contributed by atoms with Crippen LogP contribution in [0.4, 0.5) is 0 Å². The second kappa shape index (κ2) is 3.49. The van der Waals surface area contributed by atoms with Gasteiger partial charge in [0.1, 0.15) is 5.75 Å². The van der Waals surface area contributed by atoms with Crippen LogP contribution in [0.2, 0.25) is 0 Å². The van der Waals surface area contributed by atoms with Crippen LogP contribution in [-0.2, 0) is 5.41 Å². The van der Waals surface area contributed by atoms with Gasteiger partial charge in [-0.15, -0.1) is 0 Å². The summed E-state index contributed by atoms with van der Waals surface area (Å²) in [4.78, 5) is 0. The third kappa shape index (κ3) is 1.44. The normalized spacial score (nSPS) is 22.0. The first-order valence-corrected chi connectivity index (χ1v) is 5.82. The van der Waals surface area contributed by atoms with Gasteiger partial charge in [0.05, 0.1) is 7.11 Å². The minimum Gasteiger partial charge on any atom is -0.496 e. The third-order valence-corrected chi connectivity index (χ3v) is 3.79. The average Bonchev–Trinajstić information content (AvgIpc) is 2.37. The van der Waals surface area contributed by atoms with Gasteiger partial charge in [-0.3, -0.25) is 0 Å². The lowest BCUT2D eigenvalue weighted by Crippen LogP contribution is -2.14. The van der Waals surface area contributed by atoms with Crippen LogP contribution in [0.25, 0.3) is 0 Å². The zero-order chi connectivity index (χ0) is 12.1. The Morgan fingerprint density at radius 2 is 2.00 bits per heavy atom. The maximum atomic E-state index is 6.24. The van der Waals surface area contributed by atoms with Gasteiger partial charge >= 0.3 is 0 Å². The van der Waals surface area contributed by atoms with E-state index in [2.05, 4.69) is 33.8 Å². The van der Waals surface area contributed by atoms with Crippen molar-refractivity contribution in [2.75, 3.05) is 7.11 Å². The molecule has 0 amide bonds. The predicted octanol–water partition coefficient (Wildman–Crippen LogP) is 2.99. The highest BCUT2D eigenvalue weighted by Gasteiger charge is 2.37. The molecule has 0 unspecified atom stereocenters. The van der Waals surface area contributed by atoms with E-state index >= 15 is 0 Å². The molecule has 1 aliphatic rings. The minimum absolute atomic E-state index is 0.152. The van der Waals surface area contributed by atoms with Crippen molar-refractivity contribution in [3.05, 3.63) is 28.3 Å². The zero-order valence-corrected chi connectivity index (χ0v) is 10.8. The Kier molecular flexibility index (Phi) is 2.50. The van der Waals surface area contributed by atoms with Gasteiger partial charge in [0, 0.05) is 6.04 Å². The molecule has 0 radical (unpaired) electrons. The molecule has 1 aliphatic carbocycles. The Morgan fingerprint density at radius 3 is 2.56 bits per heavy atom. The SMILES string of the molecule is COc1c(C)cc2c(c1C)[C@H](N)CC2(C)C. The van der Waals surface area contributed by atoms with Crippen molar-refractivity contribution in [2.24, 2.45) is 5.73 Å². The standard InChI is InChI=1S/C14H21NO/c1-8-6-10-12(9(2)13(8)16-5)11(15)7-14(10,3)4/h6,11H,7,15H2,1-5H3/t11-/m1/s1. The van der Waals surface area contributed by atoms with Gasteiger partial charge in [0.2, 0.25) is 0 Å². The number of methoxy groups -OCH3 is 1. The van der Waals surface area contributed by atoms with E-state index < -0.39 is 0 Å². The highest BCUT2D eigenvalue weighted by Crippen LogP contribution is 2.47. The fourth-order valence-corrected chi connectivity index (χ4v) is 3.09. The van der Waals surface area contributed by atoms with Crippen LogP contribution < -0.4 is 10.5 Å². The highest BCUT2D eigenvalue weighted by atomic mass is 16.5. The van der Waals surface area contributed by atoms with Gasteiger partial charge in [-0.2, -0.15) is 0 Å². The molecule has 16 heavy (non-hydrogen) atoms. The summed E-state index contributed by atoms with van der Waals surface area (Å²) in [6.07, 6.45) is 1.02. The van der Waals surface area contributed by atoms with Crippen molar-refractivity contribution < 1.29 is 4.74 Å². The lowest BCUT2D eigenvalue weighted by molar-refractivity contribution is 0.407. The van der Waals surface area contributed by atoms with E-state index in [1.54, 1.807) is 7.11 Å². The molecule has 0 aliphatic heterocycles. The molecule has 0 spiro atoms. The summed E-state index contributed by atoms with van der Waals surface area (Å²) >= 11 is 0. The Bertz CT molecular complexity index is 435. The van der Waals surface area contributed by atoms with Crippen molar-refractivity contribution >= 4 is 0 Å². The van der Waals surface area contributed by atoms with E-state index in [1.165, 1.54) is 22.3 Å². The minimum atomic E-state index is 0.152. The van der Waals surface area contributed by atoms with Crippen LogP contribution in [0.15, 0.2) is 6.07 Å². The highest BCUT2D eigenvalue weighted by molar-refractivity contribution is 5.55. The van der Waals surface area contributed by atoms with E-state index in [4.69, 9.17) is 10.5 Å². The quantitative estimate of drug-likeness (QED) is 0.788. The van der Waals surface area contributed by atoms with Crippen molar-refractivity contribution in [1.29, 1.82) is 0 Å². The van der Waals surface area contributed by atoms with Crippen LogP contribution >= 0.6 is 0 Å². The van der Waals surface area contributed by atoms with Crippen LogP contribution in [0, 0.1) is 13.8 Å². The van der Waals surface area contributed by atoms with Crippen LogP contribution in [0.3, 0.4) is 0 Å². The first-order chi connectivity index (χ1) is 7.38. The van der Waals surface area contributed by atoms with Crippen LogP contribution in [-0.4, -0.2) is 7.11 Å². The summed E-state index contributed by atoms with van der Waals surface area (Å²) < 4.78 is 5.46. The molecule has 2 N–H and O–H groups in total. The number of ether oxygens (including phenoxy) is 1. The lowest BCUT2D eigenvalue weighted by Gasteiger charge is -2.21. The number of rotatable bonds is 1. The molecular formula is C14H21NO. The largest absolute Gasteiger partial charge is 0.496 e. The lowest BCUT2D eigenvalue weighted by atomic mass is 9.85. The fourth-order valence-electron chi connectivity index (χ4n) is 3.09. The monoisotopic (exact) mass is 219 g/mol. The van der Waals surface area contributed by atoms with Gasteiger partial charge in [-0.1, -0.05) is 19.9 Å². The number of fused-ring (bicyclic) bond motifs is 1. The van der Waals surface area contributed by atoms with Gasteiger partial charge in [0.15, 0.2) is 0 Å². The Hall–Kier alpha value is -1.02. The first kappa shape index (κ1) is 11.5. The summed E-state index contributed by atoms with van der Waals surface area (Å²) in [5.41, 5.74) is 11.6. The van der Waals surface area contributed by atoms with Crippen molar-refractivity contribution in [1.82, 2.24) is 0 Å². The maximum Gasteiger partial charge on any atom is 0.125 e. The van der Waals surface area contributed by atoms with E-state index in [-0.39, 0.29) is 11.5 Å². The Morgan fingerprint density at radius 1 is 1.38 bits per heavy atom. The molecule has 88 valence electrons. The number of hydrogen-bond donors (Lipinski definition) is 1. The summed E-state index contributed by atoms with van der Waals surface area (Å²) in [5.74, 6) is 0.993. The van der Waals surface area contributed by atoms with Crippen molar-refractivity contribution in [2.45, 2.75) is 45.6 Å². The van der Waals surface area contributed by atoms with E-state index in [1.807, 2.05) is 0 Å². The van der Waals surface area contributed by atoms with E-state index in [9.17, 15) is 0 Å². The van der Waals surface area contributed by atoms with Crippen molar-refractivity contribution in [3.8, 4) is 5.75 Å². The molecule has 2 rings (SSSR count). The smallest absolute Gasteiger partial charge is 0.125 e. The molecule has 0 saturated carbocycles. The summed E-state index contributed by atoms with van der Waals surface area (Å²) in [7, 11) is 1.73. The predicted molar refractivity (Wildman–Crippen MR) is 67.0 cm³/mol. The van der Waals surface area contributed by atoms with Crippen molar-refractivity contribution in [3.63, 3.8) is 0 Å². The second-order valence-electron chi connectivity index (χ2n) is 5.51. The topological polar surface area (TPSA) is 35.2 Å². The third-order valence-electron chi connectivity index (χ3n) is 3.79. The Balaban J connectivity index is 2.72. The first-order valence-electron chi connectivity index (χ1n) is 5.82. The number of nitrogens with two attached hydrogens (primary N) is 1. The molecular weight excluding hydrogens is 198 g/mol. The fraction of sp³-hybridized carbons (Fsp3) is 0.571. The maximum absolute atomic E-state index is 6.24. The van der Waals surface area contributed by atoms with Gasteiger partial charge in [-0.05, 0) is 47.9 Å². The summed E-state index contributed by atoms with van der Waals surface area (Å²) in [6.45, 7) is 8.76. The van der Waals surface area contributed by atoms with Gasteiger partial charge in [0.25, 0.3) is 0 Å². The van der Waals surface area contributed by atoms with Gasteiger partial charge < -0.3 is 10.5 Å². The van der Waals surface area contributed by atoms with Crippen LogP contribution in [0.5, 0.6) is 5.75 Å². The van der Waals surface area contributed by atoms with E-state index in [0.29, 0.717) is 0 Å². The molecule has 0 saturated heterocycles. The molecule has 0 heterocycles. The van der Waals surface area contributed by atoms with E-state index in [0.717, 1.165) is 12.2 Å². The number of benzene rings is 1. The van der Waals surface area contributed by atoms with Gasteiger partial charge in [-0.25, -0.2) is 0 Å². The Labute approximate surface area is 97.8 Å². The molecule has 0 aromatic heterocycles. The molecule has 0 bridgehead atoms. The second-order valence-corrected chi connectivity index (χ2v) is 5.51. The molecule has 1 atom stereocenters. The number of hydrogen-bond acceptors (Lipinski definition) is 2. The average molecular weight is 219 g/mol. The molecule has 0 fully saturated rings. The summed E-state index contributed by atoms with van der Waals surface area (Å²) in [6, 6.07) is 2.40.